The first-order valence-electron chi connectivity index (χ1n) is 22.0. The van der Waals surface area contributed by atoms with Crippen molar-refractivity contribution in [1.82, 2.24) is 31.9 Å². The summed E-state index contributed by atoms with van der Waals surface area (Å²) >= 11 is 0. The van der Waals surface area contributed by atoms with E-state index in [1.54, 1.807) is 0 Å². The number of guanidine groups is 1. The molecule has 2 rings (SSSR count). The highest BCUT2D eigenvalue weighted by Gasteiger charge is 2.34. The maximum Gasteiger partial charge on any atom is 0.243 e. The van der Waals surface area contributed by atoms with Crippen molar-refractivity contribution in [3.63, 3.8) is 0 Å². The highest BCUT2D eigenvalue weighted by atomic mass is 16.3. The van der Waals surface area contributed by atoms with Gasteiger partial charge in [0.25, 0.3) is 0 Å². The summed E-state index contributed by atoms with van der Waals surface area (Å²) in [7, 11) is 0. The van der Waals surface area contributed by atoms with E-state index in [1.807, 2.05) is 44.2 Å². The molecule has 0 aromatic heterocycles. The molecule has 62 heavy (non-hydrogen) atoms. The first-order valence-corrected chi connectivity index (χ1v) is 22.0. The van der Waals surface area contributed by atoms with Gasteiger partial charge in [0.15, 0.2) is 5.96 Å². The molecule has 1 aliphatic carbocycles. The number of nitrogens with two attached hydrogens (primary N) is 4. The van der Waals surface area contributed by atoms with Crippen LogP contribution in [0.2, 0.25) is 0 Å². The number of unbranched alkanes of at least 4 members (excludes halogenated alkanes) is 1. The molecule has 19 nitrogen and oxygen atoms in total. The van der Waals surface area contributed by atoms with Gasteiger partial charge in [0.1, 0.15) is 30.2 Å². The van der Waals surface area contributed by atoms with E-state index >= 15 is 0 Å². The molecule has 0 radical (unpaired) electrons. The normalized spacial score (nSPS) is 15.7. The van der Waals surface area contributed by atoms with Crippen molar-refractivity contribution in [2.45, 2.75) is 153 Å². The third-order valence-electron chi connectivity index (χ3n) is 10.7. The molecule has 0 aliphatic heterocycles. The van der Waals surface area contributed by atoms with E-state index in [-0.39, 0.29) is 69.5 Å². The highest BCUT2D eigenvalue weighted by Crippen LogP contribution is 2.27. The fourth-order valence-electron chi connectivity index (χ4n) is 7.48. The van der Waals surface area contributed by atoms with Crippen LogP contribution in [0.4, 0.5) is 0 Å². The van der Waals surface area contributed by atoms with Crippen LogP contribution in [0, 0.1) is 11.8 Å². The van der Waals surface area contributed by atoms with Crippen LogP contribution in [-0.2, 0) is 40.0 Å². The minimum Gasteiger partial charge on any atom is -0.394 e. The van der Waals surface area contributed by atoms with Crippen LogP contribution in [0.5, 0.6) is 0 Å². The van der Waals surface area contributed by atoms with Gasteiger partial charge in [-0.05, 0) is 81.7 Å². The Hall–Kier alpha value is -5.30. The van der Waals surface area contributed by atoms with E-state index in [2.05, 4.69) is 36.9 Å². The SMILES string of the molecule is CC(=O)N[C@@H](CCCN=C(N)N)C(=O)N[C@@H](CCC(N)=O)C(=O)N[C@@H](CC1CCCCC1)C(=O)N[C@@H](CCCCN)C(=O)N[C@@H](CC(C)C)C(=O)N[C@H](CO)Cc1ccccc1. The lowest BCUT2D eigenvalue weighted by Gasteiger charge is -2.30. The molecule has 1 saturated carbocycles. The Morgan fingerprint density at radius 2 is 1.23 bits per heavy atom. The zero-order valence-corrected chi connectivity index (χ0v) is 36.8. The molecule has 1 aromatic carbocycles. The molecular formula is C43H73N11O8. The van der Waals surface area contributed by atoms with E-state index in [0.29, 0.717) is 32.2 Å². The number of hydrogen-bond donors (Lipinski definition) is 11. The molecule has 1 fully saturated rings. The molecular weight excluding hydrogens is 799 g/mol. The molecule has 1 aromatic rings. The molecule has 0 heterocycles. The molecule has 19 heteroatoms. The highest BCUT2D eigenvalue weighted by molar-refractivity contribution is 5.96. The third kappa shape index (κ3) is 21.5. The number of nitrogens with zero attached hydrogens (tertiary/aromatic N) is 1. The Kier molecular flexibility index (Phi) is 24.8. The van der Waals surface area contributed by atoms with Crippen molar-refractivity contribution >= 4 is 47.3 Å². The zero-order valence-electron chi connectivity index (χ0n) is 36.8. The average molecular weight is 872 g/mol. The van der Waals surface area contributed by atoms with Gasteiger partial charge >= 0.3 is 0 Å². The van der Waals surface area contributed by atoms with Crippen LogP contribution in [-0.4, -0.2) is 108 Å². The molecule has 348 valence electrons. The standard InChI is InChI=1S/C43H73N11O8/c1-27(2)23-35(41(61)50-31(26-55)24-29-13-6-4-7-14-29)53-39(59)33(17-10-11-21-44)51-42(62)36(25-30-15-8-5-9-16-30)54-40(60)34(19-20-37(45)57)52-38(58)32(49-28(3)56)18-12-22-48-43(46)47/h4,6-7,13-14,27,30-36,55H,5,8-12,15-26,44H2,1-3H3,(H2,45,57)(H,49,56)(H,50,61)(H,51,62)(H,52,58)(H,53,59)(H,54,60)(H4,46,47,48)/t31-,32-,33-,34-,35-,36-/m0/s1. The smallest absolute Gasteiger partial charge is 0.243 e. The minimum atomic E-state index is -1.32. The Morgan fingerprint density at radius 3 is 1.77 bits per heavy atom. The van der Waals surface area contributed by atoms with Gasteiger partial charge in [0.2, 0.25) is 41.4 Å². The van der Waals surface area contributed by atoms with E-state index in [1.165, 1.54) is 6.92 Å². The average Bonchev–Trinajstić information content (AvgIpc) is 3.22. The first-order chi connectivity index (χ1) is 29.5. The van der Waals surface area contributed by atoms with E-state index in [9.17, 15) is 38.7 Å². The summed E-state index contributed by atoms with van der Waals surface area (Å²) in [6, 6.07) is 3.15. The van der Waals surface area contributed by atoms with Gasteiger partial charge in [-0.25, -0.2) is 0 Å². The van der Waals surface area contributed by atoms with Crippen molar-refractivity contribution in [2.24, 2.45) is 39.8 Å². The molecule has 7 amide bonds. The van der Waals surface area contributed by atoms with Gasteiger partial charge in [0.05, 0.1) is 12.6 Å². The van der Waals surface area contributed by atoms with Crippen molar-refractivity contribution in [1.29, 1.82) is 0 Å². The maximum atomic E-state index is 14.3. The summed E-state index contributed by atoms with van der Waals surface area (Å²) in [6.45, 7) is 5.27. The fourth-order valence-corrected chi connectivity index (χ4v) is 7.48. The molecule has 6 atom stereocenters. The van der Waals surface area contributed by atoms with Crippen LogP contribution in [0.1, 0.15) is 116 Å². The molecule has 1 aliphatic rings. The zero-order chi connectivity index (χ0) is 46.0. The number of aliphatic hydroxyl groups excluding tert-OH is 1. The topological polar surface area (TPSA) is 328 Å². The van der Waals surface area contributed by atoms with Crippen LogP contribution in [0.25, 0.3) is 0 Å². The Labute approximate surface area is 365 Å². The predicted octanol–water partition coefficient (Wildman–Crippen LogP) is -0.385. The summed E-state index contributed by atoms with van der Waals surface area (Å²) in [6.07, 6.45) is 6.69. The number of primary amides is 1. The summed E-state index contributed by atoms with van der Waals surface area (Å²) in [5, 5.41) is 26.6. The number of carbonyl (C=O) groups excluding carboxylic acids is 7. The lowest BCUT2D eigenvalue weighted by Crippen LogP contribution is -2.59. The number of aliphatic hydroxyl groups is 1. The van der Waals surface area contributed by atoms with Gasteiger partial charge in [-0.3, -0.25) is 38.6 Å². The Morgan fingerprint density at radius 1 is 0.694 bits per heavy atom. The van der Waals surface area contributed by atoms with Gasteiger partial charge in [-0.15, -0.1) is 0 Å². The number of rotatable bonds is 29. The van der Waals surface area contributed by atoms with E-state index < -0.39 is 77.6 Å². The summed E-state index contributed by atoms with van der Waals surface area (Å²) in [4.78, 5) is 97.4. The number of aliphatic imine (C=N–C) groups is 1. The molecule has 0 spiro atoms. The number of amides is 7. The number of benzene rings is 1. The minimum absolute atomic E-state index is 0.00525. The number of hydrogen-bond acceptors (Lipinski definition) is 10. The third-order valence-corrected chi connectivity index (χ3v) is 10.7. The van der Waals surface area contributed by atoms with E-state index in [0.717, 1.165) is 37.7 Å². The van der Waals surface area contributed by atoms with Crippen LogP contribution in [0.3, 0.4) is 0 Å². The molecule has 15 N–H and O–H groups in total. The summed E-state index contributed by atoms with van der Waals surface area (Å²) in [5.41, 5.74) is 22.9. The van der Waals surface area contributed by atoms with Gasteiger partial charge in [-0.1, -0.05) is 76.3 Å². The second kappa shape index (κ2) is 29.1. The Balaban J connectivity index is 2.36. The summed E-state index contributed by atoms with van der Waals surface area (Å²) in [5.74, 6) is -4.45. The van der Waals surface area contributed by atoms with Crippen molar-refractivity contribution < 1.29 is 38.7 Å². The molecule has 0 bridgehead atoms. The summed E-state index contributed by atoms with van der Waals surface area (Å²) < 4.78 is 0. The predicted molar refractivity (Wildman–Crippen MR) is 236 cm³/mol. The van der Waals surface area contributed by atoms with Gasteiger partial charge in [0, 0.05) is 19.9 Å². The number of carbonyl (C=O) groups is 7. The van der Waals surface area contributed by atoms with Crippen LogP contribution >= 0.6 is 0 Å². The van der Waals surface area contributed by atoms with Crippen molar-refractivity contribution in [3.8, 4) is 0 Å². The van der Waals surface area contributed by atoms with Gasteiger partial charge < -0.3 is 59.9 Å². The first kappa shape index (κ1) is 52.8. The number of nitrogens with one attached hydrogen (secondary N) is 6. The van der Waals surface area contributed by atoms with Gasteiger partial charge in [-0.2, -0.15) is 0 Å². The lowest BCUT2D eigenvalue weighted by molar-refractivity contribution is -0.135. The monoisotopic (exact) mass is 872 g/mol. The Bertz CT molecular complexity index is 1600. The van der Waals surface area contributed by atoms with Crippen LogP contribution < -0.4 is 54.8 Å². The van der Waals surface area contributed by atoms with Crippen molar-refractivity contribution in [2.75, 3.05) is 19.7 Å². The second-order valence-electron chi connectivity index (χ2n) is 16.7. The fraction of sp³-hybridized carbons (Fsp3) is 0.674. The lowest BCUT2D eigenvalue weighted by atomic mass is 9.84. The van der Waals surface area contributed by atoms with Crippen molar-refractivity contribution in [3.05, 3.63) is 35.9 Å². The second-order valence-corrected chi connectivity index (χ2v) is 16.7. The largest absolute Gasteiger partial charge is 0.394 e. The van der Waals surface area contributed by atoms with E-state index in [4.69, 9.17) is 22.9 Å². The van der Waals surface area contributed by atoms with Crippen LogP contribution in [0.15, 0.2) is 35.3 Å². The molecule has 0 saturated heterocycles. The quantitative estimate of drug-likeness (QED) is 0.0280. The maximum absolute atomic E-state index is 14.3. The molecule has 0 unspecified atom stereocenters.